The average molecular weight is 301 g/mol. The number of aryl methyl sites for hydroxylation is 2. The summed E-state index contributed by atoms with van der Waals surface area (Å²) in [4.78, 5) is 23.6. The number of aromatic carboxylic acids is 1. The largest absolute Gasteiger partial charge is 0.477 e. The predicted octanol–water partition coefficient (Wildman–Crippen LogP) is 2.48. The zero-order valence-electron chi connectivity index (χ0n) is 12.9. The molecule has 0 atom stereocenters. The Balaban J connectivity index is 2.69. The third-order valence-corrected chi connectivity index (χ3v) is 3.59. The molecule has 0 aliphatic heterocycles. The van der Waals surface area contributed by atoms with Crippen molar-refractivity contribution in [3.63, 3.8) is 0 Å². The molecule has 0 unspecified atom stereocenters. The number of rotatable bonds is 5. The molecule has 5 heteroatoms. The Morgan fingerprint density at radius 3 is 2.59 bits per heavy atom. The minimum absolute atomic E-state index is 0.231. The summed E-state index contributed by atoms with van der Waals surface area (Å²) in [6.07, 6.45) is 0. The second-order valence-electron chi connectivity index (χ2n) is 5.21. The van der Waals surface area contributed by atoms with Crippen LogP contribution in [0.3, 0.4) is 0 Å². The van der Waals surface area contributed by atoms with Crippen molar-refractivity contribution >= 4 is 5.97 Å². The van der Waals surface area contributed by atoms with Crippen LogP contribution in [0, 0.1) is 13.8 Å². The van der Waals surface area contributed by atoms with Gasteiger partial charge in [0, 0.05) is 19.2 Å². The van der Waals surface area contributed by atoms with Crippen LogP contribution in [0.25, 0.3) is 11.3 Å². The molecule has 1 N–H and O–H groups in total. The Labute approximate surface area is 128 Å². The highest BCUT2D eigenvalue weighted by Gasteiger charge is 2.16. The highest BCUT2D eigenvalue weighted by Crippen LogP contribution is 2.24. The third-order valence-electron chi connectivity index (χ3n) is 3.59. The van der Waals surface area contributed by atoms with Gasteiger partial charge in [-0.05, 0) is 37.6 Å². The lowest BCUT2D eigenvalue weighted by atomic mass is 10.0. The number of methoxy groups -OCH3 is 1. The van der Waals surface area contributed by atoms with E-state index in [2.05, 4.69) is 0 Å². The number of benzene rings is 1. The third kappa shape index (κ3) is 3.09. The van der Waals surface area contributed by atoms with Gasteiger partial charge in [0.15, 0.2) is 0 Å². The van der Waals surface area contributed by atoms with Crippen LogP contribution < -0.4 is 5.56 Å². The van der Waals surface area contributed by atoms with Crippen LogP contribution in [0.15, 0.2) is 35.1 Å². The second-order valence-corrected chi connectivity index (χ2v) is 5.21. The zero-order valence-corrected chi connectivity index (χ0v) is 12.9. The Kier molecular flexibility index (Phi) is 4.78. The maximum atomic E-state index is 12.4. The Morgan fingerprint density at radius 1 is 1.23 bits per heavy atom. The van der Waals surface area contributed by atoms with Gasteiger partial charge in [-0.15, -0.1) is 0 Å². The monoisotopic (exact) mass is 301 g/mol. The summed E-state index contributed by atoms with van der Waals surface area (Å²) in [7, 11) is 1.55. The molecule has 2 aromatic rings. The van der Waals surface area contributed by atoms with E-state index in [-0.39, 0.29) is 5.56 Å². The van der Waals surface area contributed by atoms with Crippen molar-refractivity contribution in [2.24, 2.45) is 0 Å². The number of hydrogen-bond donors (Lipinski definition) is 1. The Hall–Kier alpha value is -2.40. The van der Waals surface area contributed by atoms with E-state index in [1.54, 1.807) is 13.2 Å². The number of carbonyl (C=O) groups is 1. The lowest BCUT2D eigenvalue weighted by molar-refractivity contribution is 0.0694. The molecule has 0 radical (unpaired) electrons. The summed E-state index contributed by atoms with van der Waals surface area (Å²) in [6.45, 7) is 4.58. The van der Waals surface area contributed by atoms with Gasteiger partial charge in [-0.2, -0.15) is 0 Å². The van der Waals surface area contributed by atoms with Gasteiger partial charge in [-0.1, -0.05) is 17.7 Å². The van der Waals surface area contributed by atoms with Gasteiger partial charge in [0.25, 0.3) is 5.56 Å². The Morgan fingerprint density at radius 2 is 1.95 bits per heavy atom. The topological polar surface area (TPSA) is 68.5 Å². The molecule has 1 heterocycles. The van der Waals surface area contributed by atoms with Crippen LogP contribution in [-0.2, 0) is 11.3 Å². The first-order valence-electron chi connectivity index (χ1n) is 6.99. The fourth-order valence-electron chi connectivity index (χ4n) is 2.39. The predicted molar refractivity (Wildman–Crippen MR) is 84.4 cm³/mol. The van der Waals surface area contributed by atoms with Crippen LogP contribution >= 0.6 is 0 Å². The summed E-state index contributed by atoms with van der Waals surface area (Å²) in [5, 5.41) is 9.13. The summed E-state index contributed by atoms with van der Waals surface area (Å²) >= 11 is 0. The number of ether oxygens (including phenoxy) is 1. The molecule has 0 amide bonds. The Bertz CT molecular complexity index is 762. The molecule has 0 aliphatic rings. The molecule has 0 aliphatic carbocycles. The van der Waals surface area contributed by atoms with Crippen LogP contribution in [0.4, 0.5) is 0 Å². The SMILES string of the molecule is COCCn1c(-c2cc(C)ccc2C)ccc(C(=O)O)c1=O. The van der Waals surface area contributed by atoms with Crippen molar-refractivity contribution in [1.82, 2.24) is 4.57 Å². The molecule has 1 aromatic heterocycles. The van der Waals surface area contributed by atoms with Gasteiger partial charge in [0.05, 0.1) is 12.3 Å². The number of nitrogens with zero attached hydrogens (tertiary/aromatic N) is 1. The van der Waals surface area contributed by atoms with Crippen LogP contribution in [0.5, 0.6) is 0 Å². The van der Waals surface area contributed by atoms with Crippen molar-refractivity contribution in [2.45, 2.75) is 20.4 Å². The van der Waals surface area contributed by atoms with Crippen LogP contribution in [-0.4, -0.2) is 29.4 Å². The average Bonchev–Trinajstić information content (AvgIpc) is 2.48. The van der Waals surface area contributed by atoms with Gasteiger partial charge in [0.2, 0.25) is 0 Å². The lowest BCUT2D eigenvalue weighted by Crippen LogP contribution is -2.29. The number of hydrogen-bond acceptors (Lipinski definition) is 3. The van der Waals surface area contributed by atoms with E-state index < -0.39 is 11.5 Å². The van der Waals surface area contributed by atoms with Crippen molar-refractivity contribution in [2.75, 3.05) is 13.7 Å². The first-order chi connectivity index (χ1) is 10.5. The first-order valence-corrected chi connectivity index (χ1v) is 6.99. The number of carboxylic acid groups (broad SMARTS) is 1. The minimum Gasteiger partial charge on any atom is -0.477 e. The van der Waals surface area contributed by atoms with Gasteiger partial charge >= 0.3 is 5.97 Å². The zero-order chi connectivity index (χ0) is 16.3. The normalized spacial score (nSPS) is 10.7. The first kappa shape index (κ1) is 16.0. The molecule has 5 nitrogen and oxygen atoms in total. The molecular formula is C17H19NO4. The summed E-state index contributed by atoms with van der Waals surface area (Å²) in [5.41, 5.74) is 2.99. The van der Waals surface area contributed by atoms with Crippen molar-refractivity contribution in [3.8, 4) is 11.3 Å². The van der Waals surface area contributed by atoms with Gasteiger partial charge in [0.1, 0.15) is 5.56 Å². The molecule has 0 saturated heterocycles. The summed E-state index contributed by atoms with van der Waals surface area (Å²) in [6, 6.07) is 9.03. The summed E-state index contributed by atoms with van der Waals surface area (Å²) in [5.74, 6) is -1.22. The molecule has 116 valence electrons. The highest BCUT2D eigenvalue weighted by molar-refractivity contribution is 5.87. The van der Waals surface area contributed by atoms with Gasteiger partial charge in [-0.25, -0.2) is 4.79 Å². The van der Waals surface area contributed by atoms with E-state index in [1.165, 1.54) is 10.6 Å². The number of aromatic nitrogens is 1. The van der Waals surface area contributed by atoms with Gasteiger partial charge < -0.3 is 14.4 Å². The molecule has 0 bridgehead atoms. The number of pyridine rings is 1. The van der Waals surface area contributed by atoms with E-state index in [0.29, 0.717) is 18.8 Å². The minimum atomic E-state index is -1.22. The molecule has 0 fully saturated rings. The van der Waals surface area contributed by atoms with Crippen molar-refractivity contribution in [3.05, 3.63) is 57.4 Å². The van der Waals surface area contributed by atoms with Crippen LogP contribution in [0.2, 0.25) is 0 Å². The van der Waals surface area contributed by atoms with E-state index in [1.807, 2.05) is 32.0 Å². The quantitative estimate of drug-likeness (QED) is 0.921. The number of carboxylic acids is 1. The standard InChI is InChI=1S/C17H19NO4/c1-11-4-5-12(2)14(10-11)15-7-6-13(17(20)21)16(19)18(15)8-9-22-3/h4-7,10H,8-9H2,1-3H3,(H,20,21). The smallest absolute Gasteiger partial charge is 0.341 e. The maximum absolute atomic E-state index is 12.4. The fraction of sp³-hybridized carbons (Fsp3) is 0.294. The lowest BCUT2D eigenvalue weighted by Gasteiger charge is -2.16. The van der Waals surface area contributed by atoms with Gasteiger partial charge in [-0.3, -0.25) is 4.79 Å². The van der Waals surface area contributed by atoms with E-state index in [0.717, 1.165) is 16.7 Å². The highest BCUT2D eigenvalue weighted by atomic mass is 16.5. The van der Waals surface area contributed by atoms with Crippen molar-refractivity contribution < 1.29 is 14.6 Å². The molecular weight excluding hydrogens is 282 g/mol. The maximum Gasteiger partial charge on any atom is 0.341 e. The second kappa shape index (κ2) is 6.58. The van der Waals surface area contributed by atoms with E-state index >= 15 is 0 Å². The molecule has 0 saturated carbocycles. The molecule has 0 spiro atoms. The van der Waals surface area contributed by atoms with Crippen LogP contribution in [0.1, 0.15) is 21.5 Å². The molecule has 22 heavy (non-hydrogen) atoms. The molecule has 1 aromatic carbocycles. The van der Waals surface area contributed by atoms with E-state index in [9.17, 15) is 9.59 Å². The van der Waals surface area contributed by atoms with E-state index in [4.69, 9.17) is 9.84 Å². The summed E-state index contributed by atoms with van der Waals surface area (Å²) < 4.78 is 6.51. The molecule has 2 rings (SSSR count). The fourth-order valence-corrected chi connectivity index (χ4v) is 2.39. The van der Waals surface area contributed by atoms with Crippen molar-refractivity contribution in [1.29, 1.82) is 0 Å².